The van der Waals surface area contributed by atoms with Gasteiger partial charge in [-0.05, 0) is 31.4 Å². The van der Waals surface area contributed by atoms with Crippen molar-refractivity contribution in [1.82, 2.24) is 15.1 Å². The Labute approximate surface area is 160 Å². The van der Waals surface area contributed by atoms with E-state index >= 15 is 0 Å². The highest BCUT2D eigenvalue weighted by atomic mass is 19.2. The minimum atomic E-state index is -1.22. The van der Waals surface area contributed by atoms with Crippen molar-refractivity contribution in [3.8, 4) is 0 Å². The maximum Gasteiger partial charge on any atom is 0.250 e. The van der Waals surface area contributed by atoms with E-state index in [1.54, 1.807) is 17.9 Å². The SMILES string of the molecule is CNC(=O)C1=CN(CC[C@H](N)Cc2cc(F)c(F)cc2F)c2cc(C)nn2C1. The van der Waals surface area contributed by atoms with Gasteiger partial charge in [-0.1, -0.05) is 0 Å². The molecule has 2 heterocycles. The van der Waals surface area contributed by atoms with Gasteiger partial charge in [-0.15, -0.1) is 0 Å². The van der Waals surface area contributed by atoms with Crippen molar-refractivity contribution in [2.24, 2.45) is 5.73 Å². The number of rotatable bonds is 6. The molecule has 1 atom stereocenters. The summed E-state index contributed by atoms with van der Waals surface area (Å²) in [6, 6.07) is 2.79. The van der Waals surface area contributed by atoms with Crippen LogP contribution in [0.3, 0.4) is 0 Å². The van der Waals surface area contributed by atoms with Crippen LogP contribution in [0.2, 0.25) is 0 Å². The summed E-state index contributed by atoms with van der Waals surface area (Å²) in [4.78, 5) is 13.9. The predicted octanol–water partition coefficient (Wildman–Crippen LogP) is 2.02. The number of aryl methyl sites for hydroxylation is 1. The first-order valence-corrected chi connectivity index (χ1v) is 8.91. The molecule has 0 radical (unpaired) electrons. The van der Waals surface area contributed by atoms with Crippen LogP contribution in [0.15, 0.2) is 30.0 Å². The van der Waals surface area contributed by atoms with Crippen LogP contribution in [-0.4, -0.2) is 35.3 Å². The van der Waals surface area contributed by atoms with E-state index in [1.165, 1.54) is 0 Å². The lowest BCUT2D eigenvalue weighted by molar-refractivity contribution is -0.117. The number of benzene rings is 1. The molecular formula is C19H22F3N5O. The Morgan fingerprint density at radius 3 is 2.68 bits per heavy atom. The summed E-state index contributed by atoms with van der Waals surface area (Å²) >= 11 is 0. The molecule has 3 N–H and O–H groups in total. The van der Waals surface area contributed by atoms with E-state index in [-0.39, 0.29) is 17.9 Å². The topological polar surface area (TPSA) is 76.2 Å². The molecule has 1 aliphatic heterocycles. The quantitative estimate of drug-likeness (QED) is 0.737. The number of fused-ring (bicyclic) bond motifs is 1. The van der Waals surface area contributed by atoms with Gasteiger partial charge in [0.2, 0.25) is 5.91 Å². The third kappa shape index (κ3) is 4.19. The third-order valence-electron chi connectivity index (χ3n) is 4.64. The summed E-state index contributed by atoms with van der Waals surface area (Å²) in [5, 5.41) is 6.99. The van der Waals surface area contributed by atoms with E-state index in [0.29, 0.717) is 31.1 Å². The first kappa shape index (κ1) is 19.9. The van der Waals surface area contributed by atoms with Gasteiger partial charge in [0.1, 0.15) is 11.6 Å². The van der Waals surface area contributed by atoms with Crippen molar-refractivity contribution < 1.29 is 18.0 Å². The average Bonchev–Trinajstić information content (AvgIpc) is 3.03. The highest BCUT2D eigenvalue weighted by Gasteiger charge is 2.23. The molecule has 9 heteroatoms. The normalized spacial score (nSPS) is 14.5. The van der Waals surface area contributed by atoms with Crippen LogP contribution in [0.25, 0.3) is 0 Å². The Morgan fingerprint density at radius 1 is 1.25 bits per heavy atom. The predicted molar refractivity (Wildman–Crippen MR) is 99.1 cm³/mol. The summed E-state index contributed by atoms with van der Waals surface area (Å²) in [5.41, 5.74) is 7.50. The maximum absolute atomic E-state index is 13.8. The molecule has 150 valence electrons. The zero-order valence-electron chi connectivity index (χ0n) is 15.7. The van der Waals surface area contributed by atoms with E-state index in [2.05, 4.69) is 10.4 Å². The van der Waals surface area contributed by atoms with E-state index in [1.807, 2.05) is 17.9 Å². The van der Waals surface area contributed by atoms with Gasteiger partial charge >= 0.3 is 0 Å². The first-order valence-electron chi connectivity index (χ1n) is 8.91. The van der Waals surface area contributed by atoms with Crippen molar-refractivity contribution in [2.45, 2.75) is 32.4 Å². The van der Waals surface area contributed by atoms with Gasteiger partial charge in [0.25, 0.3) is 0 Å². The summed E-state index contributed by atoms with van der Waals surface area (Å²) < 4.78 is 42.0. The first-order chi connectivity index (χ1) is 13.3. The summed E-state index contributed by atoms with van der Waals surface area (Å²) in [5.74, 6) is -2.51. The molecule has 28 heavy (non-hydrogen) atoms. The molecule has 0 saturated carbocycles. The second kappa shape index (κ2) is 8.05. The number of hydrogen-bond acceptors (Lipinski definition) is 4. The van der Waals surface area contributed by atoms with Gasteiger partial charge < -0.3 is 16.0 Å². The lowest BCUT2D eigenvalue weighted by atomic mass is 10.0. The number of halogens is 3. The summed E-state index contributed by atoms with van der Waals surface area (Å²) in [6.45, 7) is 2.68. The Hall–Kier alpha value is -2.81. The van der Waals surface area contributed by atoms with Crippen molar-refractivity contribution >= 4 is 11.7 Å². The van der Waals surface area contributed by atoms with Crippen molar-refractivity contribution in [2.75, 3.05) is 18.5 Å². The lowest BCUT2D eigenvalue weighted by Gasteiger charge is -2.28. The van der Waals surface area contributed by atoms with E-state index < -0.39 is 23.5 Å². The van der Waals surface area contributed by atoms with Crippen molar-refractivity contribution in [1.29, 1.82) is 0 Å². The number of nitrogens with two attached hydrogens (primary N) is 1. The van der Waals surface area contributed by atoms with Gasteiger partial charge in [0.05, 0.1) is 17.8 Å². The Morgan fingerprint density at radius 2 is 1.96 bits per heavy atom. The van der Waals surface area contributed by atoms with Crippen LogP contribution in [-0.2, 0) is 17.8 Å². The van der Waals surface area contributed by atoms with Crippen molar-refractivity contribution in [3.05, 3.63) is 58.7 Å². The van der Waals surface area contributed by atoms with Gasteiger partial charge in [-0.3, -0.25) is 4.79 Å². The van der Waals surface area contributed by atoms with Gasteiger partial charge in [0.15, 0.2) is 11.6 Å². The second-order valence-corrected chi connectivity index (χ2v) is 6.84. The van der Waals surface area contributed by atoms with Crippen LogP contribution in [0.5, 0.6) is 0 Å². The second-order valence-electron chi connectivity index (χ2n) is 6.84. The number of aromatic nitrogens is 2. The molecule has 1 amide bonds. The fraction of sp³-hybridized carbons (Fsp3) is 0.368. The molecule has 0 saturated heterocycles. The third-order valence-corrected chi connectivity index (χ3v) is 4.64. The minimum absolute atomic E-state index is 0.0347. The Bertz CT molecular complexity index is 925. The number of likely N-dealkylation sites (N-methyl/N-ethyl adjacent to an activating group) is 1. The molecule has 0 spiro atoms. The Balaban J connectivity index is 1.71. The molecule has 6 nitrogen and oxygen atoms in total. The fourth-order valence-electron chi connectivity index (χ4n) is 3.22. The molecule has 1 aliphatic rings. The van der Waals surface area contributed by atoms with Crippen molar-refractivity contribution in [3.63, 3.8) is 0 Å². The van der Waals surface area contributed by atoms with Crippen LogP contribution in [0.1, 0.15) is 17.7 Å². The van der Waals surface area contributed by atoms with Crippen LogP contribution < -0.4 is 16.0 Å². The van der Waals surface area contributed by atoms with Crippen LogP contribution in [0, 0.1) is 24.4 Å². The van der Waals surface area contributed by atoms with Gasteiger partial charge in [-0.25, -0.2) is 17.9 Å². The van der Waals surface area contributed by atoms with E-state index in [4.69, 9.17) is 5.73 Å². The number of anilines is 1. The molecular weight excluding hydrogens is 371 g/mol. The minimum Gasteiger partial charge on any atom is -0.355 e. The summed E-state index contributed by atoms with van der Waals surface area (Å²) in [6.07, 6.45) is 2.27. The zero-order valence-corrected chi connectivity index (χ0v) is 15.7. The highest BCUT2D eigenvalue weighted by Crippen LogP contribution is 2.24. The molecule has 2 aromatic rings. The molecule has 1 aromatic carbocycles. The Kier molecular flexibility index (Phi) is 5.73. The van der Waals surface area contributed by atoms with Crippen LogP contribution >= 0.6 is 0 Å². The maximum atomic E-state index is 13.8. The van der Waals surface area contributed by atoms with Gasteiger partial charge in [-0.2, -0.15) is 5.10 Å². The number of nitrogens with zero attached hydrogens (tertiary/aromatic N) is 3. The number of hydrogen-bond donors (Lipinski definition) is 2. The van der Waals surface area contributed by atoms with E-state index in [9.17, 15) is 18.0 Å². The molecule has 0 fully saturated rings. The standard InChI is InChI=1S/C19H22F3N5O/c1-11-5-18-26(9-13(19(28)24-2)10-27(18)25-11)4-3-14(23)6-12-7-16(21)17(22)8-15(12)20/h5,7-9,14H,3-4,6,10,23H2,1-2H3,(H,24,28)/t14-/m0/s1. The monoisotopic (exact) mass is 393 g/mol. The highest BCUT2D eigenvalue weighted by molar-refractivity contribution is 5.94. The largest absolute Gasteiger partial charge is 0.355 e. The number of carbonyl (C=O) groups is 1. The van der Waals surface area contributed by atoms with Gasteiger partial charge in [0, 0.05) is 38.0 Å². The molecule has 0 bridgehead atoms. The molecule has 3 rings (SSSR count). The number of amides is 1. The average molecular weight is 393 g/mol. The fourth-order valence-corrected chi connectivity index (χ4v) is 3.22. The zero-order chi connectivity index (χ0) is 20.4. The van der Waals surface area contributed by atoms with E-state index in [0.717, 1.165) is 17.6 Å². The molecule has 0 aliphatic carbocycles. The summed E-state index contributed by atoms with van der Waals surface area (Å²) in [7, 11) is 1.56. The number of nitrogens with one attached hydrogen (secondary N) is 1. The number of carbonyl (C=O) groups excluding carboxylic acids is 1. The molecule has 1 aromatic heterocycles. The lowest BCUT2D eigenvalue weighted by Crippen LogP contribution is -2.35. The molecule has 0 unspecified atom stereocenters. The smallest absolute Gasteiger partial charge is 0.250 e. The van der Waals surface area contributed by atoms with Crippen LogP contribution in [0.4, 0.5) is 19.0 Å².